The molecule has 0 bridgehead atoms. The zero-order valence-electron chi connectivity index (χ0n) is 13.6. The summed E-state index contributed by atoms with van der Waals surface area (Å²) in [7, 11) is 0. The highest BCUT2D eigenvalue weighted by molar-refractivity contribution is 5.36. The van der Waals surface area contributed by atoms with Crippen LogP contribution in [0.25, 0.3) is 0 Å². The first-order valence-corrected chi connectivity index (χ1v) is 8.50. The average molecular weight is 290 g/mol. The van der Waals surface area contributed by atoms with Crippen molar-refractivity contribution >= 4 is 0 Å². The molecule has 0 aliphatic carbocycles. The Labute approximate surface area is 135 Å². The number of hydrogen-bond donors (Lipinski definition) is 0. The van der Waals surface area contributed by atoms with Gasteiger partial charge in [-0.2, -0.15) is 0 Å². The minimum atomic E-state index is 0.990. The summed E-state index contributed by atoms with van der Waals surface area (Å²) in [6.45, 7) is 2.23. The van der Waals surface area contributed by atoms with Crippen molar-refractivity contribution < 1.29 is 0 Å². The Bertz CT molecular complexity index is 581. The lowest BCUT2D eigenvalue weighted by molar-refractivity contribution is 0.756. The predicted octanol–water partition coefficient (Wildman–Crippen LogP) is 5.79. The van der Waals surface area contributed by atoms with E-state index in [0.717, 1.165) is 18.4 Å². The quantitative estimate of drug-likeness (QED) is 0.447. The van der Waals surface area contributed by atoms with Gasteiger partial charge < -0.3 is 0 Å². The van der Waals surface area contributed by atoms with E-state index in [2.05, 4.69) is 73.4 Å². The van der Waals surface area contributed by atoms with Gasteiger partial charge in [0.2, 0.25) is 0 Å². The van der Waals surface area contributed by atoms with Crippen molar-refractivity contribution in [2.75, 3.05) is 0 Å². The molecule has 0 amide bonds. The van der Waals surface area contributed by atoms with Gasteiger partial charge in [-0.05, 0) is 55.4 Å². The minimum absolute atomic E-state index is 0.990. The molecular formula is C22H26. The lowest BCUT2D eigenvalue weighted by Crippen LogP contribution is -1.85. The molecule has 2 aromatic rings. The van der Waals surface area contributed by atoms with Gasteiger partial charge >= 0.3 is 0 Å². The molecule has 0 unspecified atom stereocenters. The van der Waals surface area contributed by atoms with Gasteiger partial charge in [0.25, 0.3) is 0 Å². The van der Waals surface area contributed by atoms with Crippen molar-refractivity contribution in [3.63, 3.8) is 0 Å². The number of aryl methyl sites for hydroxylation is 2. The Morgan fingerprint density at radius 2 is 1.41 bits per heavy atom. The molecule has 0 heteroatoms. The van der Waals surface area contributed by atoms with Crippen LogP contribution in [0, 0.1) is 11.8 Å². The van der Waals surface area contributed by atoms with E-state index in [1.165, 1.54) is 43.2 Å². The Balaban J connectivity index is 1.68. The van der Waals surface area contributed by atoms with Crippen LogP contribution in [0.2, 0.25) is 0 Å². The van der Waals surface area contributed by atoms with Crippen LogP contribution >= 0.6 is 0 Å². The van der Waals surface area contributed by atoms with Gasteiger partial charge in [-0.25, -0.2) is 0 Å². The lowest BCUT2D eigenvalue weighted by Gasteiger charge is -1.99. The Morgan fingerprint density at radius 3 is 2.14 bits per heavy atom. The summed E-state index contributed by atoms with van der Waals surface area (Å²) < 4.78 is 0. The predicted molar refractivity (Wildman–Crippen MR) is 95.9 cm³/mol. The molecule has 0 saturated carbocycles. The van der Waals surface area contributed by atoms with E-state index < -0.39 is 0 Å². The maximum atomic E-state index is 3.30. The highest BCUT2D eigenvalue weighted by atomic mass is 14.0. The third-order valence-corrected chi connectivity index (χ3v) is 3.87. The molecule has 0 spiro atoms. The first-order valence-electron chi connectivity index (χ1n) is 8.50. The van der Waals surface area contributed by atoms with Crippen LogP contribution in [0.3, 0.4) is 0 Å². The summed E-state index contributed by atoms with van der Waals surface area (Å²) in [6.07, 6.45) is 8.25. The second-order valence-electron chi connectivity index (χ2n) is 5.79. The molecule has 0 N–H and O–H groups in total. The fourth-order valence-corrected chi connectivity index (χ4v) is 2.49. The van der Waals surface area contributed by atoms with Crippen LogP contribution in [0.1, 0.15) is 55.7 Å². The molecule has 0 atom stereocenters. The summed E-state index contributed by atoms with van der Waals surface area (Å²) in [5.74, 6) is 6.58. The van der Waals surface area contributed by atoms with Crippen LogP contribution in [0.15, 0.2) is 54.6 Å². The standard InChI is InChI=1S/C22H26/c1-2-3-11-21-16-18-22(19-17-21)15-8-5-4-7-12-20-13-9-6-10-14-20/h6,9-10,13-14,16-19H,2-5,7,11-12H2,1H3. The molecule has 0 saturated heterocycles. The van der Waals surface area contributed by atoms with E-state index in [9.17, 15) is 0 Å². The van der Waals surface area contributed by atoms with Crippen molar-refractivity contribution in [2.24, 2.45) is 0 Å². The number of rotatable bonds is 7. The molecule has 0 heterocycles. The van der Waals surface area contributed by atoms with E-state index in [-0.39, 0.29) is 0 Å². The molecule has 0 aliphatic rings. The van der Waals surface area contributed by atoms with Crippen molar-refractivity contribution in [2.45, 2.75) is 51.9 Å². The van der Waals surface area contributed by atoms with Crippen LogP contribution in [0.5, 0.6) is 0 Å². The van der Waals surface area contributed by atoms with Gasteiger partial charge in [-0.3, -0.25) is 0 Å². The first kappa shape index (κ1) is 16.4. The molecule has 2 rings (SSSR count). The van der Waals surface area contributed by atoms with Crippen LogP contribution in [-0.2, 0) is 12.8 Å². The monoisotopic (exact) mass is 290 g/mol. The second-order valence-corrected chi connectivity index (χ2v) is 5.79. The van der Waals surface area contributed by atoms with Gasteiger partial charge in [-0.15, -0.1) is 0 Å². The molecule has 0 nitrogen and oxygen atoms in total. The third kappa shape index (κ3) is 6.19. The largest absolute Gasteiger partial charge is 0.0979 e. The van der Waals surface area contributed by atoms with Crippen molar-refractivity contribution in [3.8, 4) is 11.8 Å². The molecule has 2 aromatic carbocycles. The zero-order chi connectivity index (χ0) is 15.5. The van der Waals surface area contributed by atoms with E-state index >= 15 is 0 Å². The van der Waals surface area contributed by atoms with Crippen LogP contribution in [0.4, 0.5) is 0 Å². The van der Waals surface area contributed by atoms with Gasteiger partial charge in [0.05, 0.1) is 0 Å². The number of unbranched alkanes of at least 4 members (excludes halogenated alkanes) is 3. The van der Waals surface area contributed by atoms with E-state index in [4.69, 9.17) is 0 Å². The van der Waals surface area contributed by atoms with E-state index in [1.807, 2.05) is 0 Å². The summed E-state index contributed by atoms with van der Waals surface area (Å²) in [5.41, 5.74) is 4.00. The Kier molecular flexibility index (Phi) is 7.33. The van der Waals surface area contributed by atoms with Crippen molar-refractivity contribution in [1.82, 2.24) is 0 Å². The van der Waals surface area contributed by atoms with Crippen molar-refractivity contribution in [3.05, 3.63) is 71.3 Å². The summed E-state index contributed by atoms with van der Waals surface area (Å²) in [6, 6.07) is 19.4. The smallest absolute Gasteiger partial charge is 0.0245 e. The van der Waals surface area contributed by atoms with E-state index in [1.54, 1.807) is 0 Å². The fourth-order valence-electron chi connectivity index (χ4n) is 2.49. The molecule has 22 heavy (non-hydrogen) atoms. The minimum Gasteiger partial charge on any atom is -0.0979 e. The summed E-state index contributed by atoms with van der Waals surface area (Å²) in [4.78, 5) is 0. The lowest BCUT2D eigenvalue weighted by atomic mass is 10.1. The Morgan fingerprint density at radius 1 is 0.727 bits per heavy atom. The van der Waals surface area contributed by atoms with Gasteiger partial charge in [-0.1, -0.05) is 67.6 Å². The van der Waals surface area contributed by atoms with Gasteiger partial charge in [0.1, 0.15) is 0 Å². The average Bonchev–Trinajstić information content (AvgIpc) is 2.58. The molecule has 0 fully saturated rings. The first-order chi connectivity index (χ1) is 10.9. The van der Waals surface area contributed by atoms with Crippen molar-refractivity contribution in [1.29, 1.82) is 0 Å². The van der Waals surface area contributed by atoms with Gasteiger partial charge in [0, 0.05) is 12.0 Å². The molecule has 114 valence electrons. The van der Waals surface area contributed by atoms with E-state index in [0.29, 0.717) is 0 Å². The van der Waals surface area contributed by atoms with Crippen LogP contribution in [-0.4, -0.2) is 0 Å². The summed E-state index contributed by atoms with van der Waals surface area (Å²) in [5, 5.41) is 0. The third-order valence-electron chi connectivity index (χ3n) is 3.87. The molecule has 0 aliphatic heterocycles. The maximum Gasteiger partial charge on any atom is 0.0245 e. The molecular weight excluding hydrogens is 264 g/mol. The van der Waals surface area contributed by atoms with Gasteiger partial charge in [0.15, 0.2) is 0 Å². The zero-order valence-corrected chi connectivity index (χ0v) is 13.6. The van der Waals surface area contributed by atoms with Crippen LogP contribution < -0.4 is 0 Å². The maximum absolute atomic E-state index is 3.30. The molecule has 0 radical (unpaired) electrons. The number of benzene rings is 2. The highest BCUT2D eigenvalue weighted by Crippen LogP contribution is 2.08. The normalized spacial score (nSPS) is 10.0. The fraction of sp³-hybridized carbons (Fsp3) is 0.364. The highest BCUT2D eigenvalue weighted by Gasteiger charge is 1.93. The molecule has 0 aromatic heterocycles. The summed E-state index contributed by atoms with van der Waals surface area (Å²) >= 11 is 0. The number of hydrogen-bond acceptors (Lipinski definition) is 0. The Hall–Kier alpha value is -2.00. The second kappa shape index (κ2) is 9.85. The SMILES string of the molecule is CCCCc1ccc(C#CCCCCc2ccccc2)cc1. The topological polar surface area (TPSA) is 0 Å².